The van der Waals surface area contributed by atoms with Crippen molar-refractivity contribution in [3.05, 3.63) is 59.7 Å². The number of anilines is 1. The Hall–Kier alpha value is -2.82. The third-order valence-electron chi connectivity index (χ3n) is 3.38. The number of hydrazone groups is 1. The zero-order valence-corrected chi connectivity index (χ0v) is 14.3. The number of carbonyl (C=O) groups excluding carboxylic acids is 1. The number of benzene rings is 2. The standard InChI is InChI=1S/C19H23N3O2/c1-4-13-24-18-8-6-5-7-17(18)19(23)21-20-14-15-9-11-16(12-10-15)22(2)3/h5-12,14H,4,13H2,1-3H3,(H,21,23). The fourth-order valence-corrected chi connectivity index (χ4v) is 2.08. The van der Waals surface area contributed by atoms with Gasteiger partial charge < -0.3 is 9.64 Å². The lowest BCUT2D eigenvalue weighted by Gasteiger charge is -2.11. The maximum atomic E-state index is 12.3. The SMILES string of the molecule is CCCOc1ccccc1C(=O)NN=Cc1ccc(N(C)C)cc1. The molecule has 0 heterocycles. The van der Waals surface area contributed by atoms with E-state index in [1.807, 2.05) is 56.3 Å². The monoisotopic (exact) mass is 325 g/mol. The molecule has 0 saturated carbocycles. The highest BCUT2D eigenvalue weighted by atomic mass is 16.5. The van der Waals surface area contributed by atoms with Crippen LogP contribution in [0.4, 0.5) is 5.69 Å². The van der Waals surface area contributed by atoms with Gasteiger partial charge in [-0.1, -0.05) is 31.2 Å². The van der Waals surface area contributed by atoms with Crippen LogP contribution in [-0.4, -0.2) is 32.8 Å². The molecule has 24 heavy (non-hydrogen) atoms. The minimum Gasteiger partial charge on any atom is -0.493 e. The lowest BCUT2D eigenvalue weighted by Crippen LogP contribution is -2.18. The summed E-state index contributed by atoms with van der Waals surface area (Å²) >= 11 is 0. The van der Waals surface area contributed by atoms with Crippen molar-refractivity contribution in [2.24, 2.45) is 5.10 Å². The minimum atomic E-state index is -0.289. The Kier molecular flexibility index (Phi) is 6.37. The zero-order valence-electron chi connectivity index (χ0n) is 14.3. The van der Waals surface area contributed by atoms with Gasteiger partial charge in [-0.3, -0.25) is 4.79 Å². The largest absolute Gasteiger partial charge is 0.493 e. The van der Waals surface area contributed by atoms with Gasteiger partial charge in [0.15, 0.2) is 0 Å². The van der Waals surface area contributed by atoms with E-state index in [1.165, 1.54) is 0 Å². The summed E-state index contributed by atoms with van der Waals surface area (Å²) in [5.41, 5.74) is 5.04. The minimum absolute atomic E-state index is 0.289. The fourth-order valence-electron chi connectivity index (χ4n) is 2.08. The van der Waals surface area contributed by atoms with Crippen molar-refractivity contribution in [3.8, 4) is 5.75 Å². The number of rotatable bonds is 7. The number of nitrogens with zero attached hydrogens (tertiary/aromatic N) is 2. The highest BCUT2D eigenvalue weighted by Crippen LogP contribution is 2.18. The van der Waals surface area contributed by atoms with Crippen LogP contribution in [-0.2, 0) is 0 Å². The number of nitrogens with one attached hydrogen (secondary N) is 1. The first-order valence-corrected chi connectivity index (χ1v) is 7.94. The highest BCUT2D eigenvalue weighted by molar-refractivity contribution is 5.97. The Bertz CT molecular complexity index is 694. The molecule has 5 nitrogen and oxygen atoms in total. The van der Waals surface area contributed by atoms with Crippen LogP contribution in [0, 0.1) is 0 Å². The van der Waals surface area contributed by atoms with Crippen molar-refractivity contribution < 1.29 is 9.53 Å². The summed E-state index contributed by atoms with van der Waals surface area (Å²) in [5, 5.41) is 4.02. The normalized spacial score (nSPS) is 10.6. The smallest absolute Gasteiger partial charge is 0.275 e. The van der Waals surface area contributed by atoms with E-state index in [0.717, 1.165) is 17.7 Å². The van der Waals surface area contributed by atoms with E-state index in [1.54, 1.807) is 24.4 Å². The average molecular weight is 325 g/mol. The summed E-state index contributed by atoms with van der Waals surface area (Å²) in [6.45, 7) is 2.60. The molecule has 2 rings (SSSR count). The van der Waals surface area contributed by atoms with Crippen LogP contribution in [0.2, 0.25) is 0 Å². The van der Waals surface area contributed by atoms with Gasteiger partial charge in [-0.05, 0) is 36.2 Å². The van der Waals surface area contributed by atoms with Gasteiger partial charge in [0.05, 0.1) is 18.4 Å². The van der Waals surface area contributed by atoms with E-state index in [9.17, 15) is 4.79 Å². The molecule has 0 atom stereocenters. The summed E-state index contributed by atoms with van der Waals surface area (Å²) in [5.74, 6) is 0.283. The van der Waals surface area contributed by atoms with E-state index in [0.29, 0.717) is 17.9 Å². The zero-order chi connectivity index (χ0) is 17.4. The van der Waals surface area contributed by atoms with Crippen LogP contribution in [0.25, 0.3) is 0 Å². The molecule has 1 amide bonds. The van der Waals surface area contributed by atoms with Crippen LogP contribution >= 0.6 is 0 Å². The van der Waals surface area contributed by atoms with E-state index >= 15 is 0 Å². The number of para-hydroxylation sites is 1. The third-order valence-corrected chi connectivity index (χ3v) is 3.38. The molecule has 126 valence electrons. The molecule has 0 radical (unpaired) electrons. The summed E-state index contributed by atoms with van der Waals surface area (Å²) in [6.07, 6.45) is 2.50. The van der Waals surface area contributed by atoms with Gasteiger partial charge in [-0.2, -0.15) is 5.10 Å². The van der Waals surface area contributed by atoms with E-state index in [4.69, 9.17) is 4.74 Å². The first-order chi connectivity index (χ1) is 11.6. The Morgan fingerprint density at radius 3 is 2.54 bits per heavy atom. The van der Waals surface area contributed by atoms with E-state index in [-0.39, 0.29) is 5.91 Å². The summed E-state index contributed by atoms with van der Waals surface area (Å²) in [6, 6.07) is 15.0. The number of carbonyl (C=O) groups is 1. The van der Waals surface area contributed by atoms with Crippen molar-refractivity contribution in [1.82, 2.24) is 5.43 Å². The first-order valence-electron chi connectivity index (χ1n) is 7.94. The molecule has 0 aliphatic heterocycles. The number of ether oxygens (including phenoxy) is 1. The highest BCUT2D eigenvalue weighted by Gasteiger charge is 2.10. The van der Waals surface area contributed by atoms with Crippen LogP contribution in [0.1, 0.15) is 29.3 Å². The molecule has 0 aliphatic rings. The van der Waals surface area contributed by atoms with E-state index < -0.39 is 0 Å². The Morgan fingerprint density at radius 2 is 1.88 bits per heavy atom. The van der Waals surface area contributed by atoms with Crippen LogP contribution in [0.5, 0.6) is 5.75 Å². The van der Waals surface area contributed by atoms with Crippen molar-refractivity contribution in [2.75, 3.05) is 25.6 Å². The van der Waals surface area contributed by atoms with Gasteiger partial charge in [0.1, 0.15) is 5.75 Å². The molecule has 1 N–H and O–H groups in total. The summed E-state index contributed by atoms with van der Waals surface area (Å²) in [7, 11) is 3.97. The molecule has 0 bridgehead atoms. The first kappa shape index (κ1) is 17.5. The Labute approximate surface area is 142 Å². The Morgan fingerprint density at radius 1 is 1.17 bits per heavy atom. The molecule has 0 saturated heterocycles. The van der Waals surface area contributed by atoms with Gasteiger partial charge in [0.25, 0.3) is 5.91 Å². The second kappa shape index (κ2) is 8.72. The van der Waals surface area contributed by atoms with Gasteiger partial charge in [-0.25, -0.2) is 5.43 Å². The maximum absolute atomic E-state index is 12.3. The maximum Gasteiger partial charge on any atom is 0.275 e. The van der Waals surface area contributed by atoms with Gasteiger partial charge in [0, 0.05) is 19.8 Å². The second-order valence-electron chi connectivity index (χ2n) is 5.53. The predicted molar refractivity (Wildman–Crippen MR) is 98.1 cm³/mol. The molecule has 0 aromatic heterocycles. The summed E-state index contributed by atoms with van der Waals surface area (Å²) in [4.78, 5) is 14.3. The number of hydrogen-bond donors (Lipinski definition) is 1. The lowest BCUT2D eigenvalue weighted by atomic mass is 10.2. The van der Waals surface area contributed by atoms with E-state index in [2.05, 4.69) is 10.5 Å². The fraction of sp³-hybridized carbons (Fsp3) is 0.263. The molecule has 0 spiro atoms. The molecule has 0 fully saturated rings. The quantitative estimate of drug-likeness (QED) is 0.628. The predicted octanol–water partition coefficient (Wildman–Crippen LogP) is 3.31. The van der Waals surface area contributed by atoms with Crippen LogP contribution < -0.4 is 15.1 Å². The molecule has 0 unspecified atom stereocenters. The van der Waals surface area contributed by atoms with Crippen LogP contribution in [0.15, 0.2) is 53.6 Å². The van der Waals surface area contributed by atoms with Crippen molar-refractivity contribution >= 4 is 17.8 Å². The molecule has 2 aromatic rings. The molecule has 0 aliphatic carbocycles. The summed E-state index contributed by atoms with van der Waals surface area (Å²) < 4.78 is 5.59. The third kappa shape index (κ3) is 4.84. The molecular weight excluding hydrogens is 302 g/mol. The topological polar surface area (TPSA) is 53.9 Å². The number of amides is 1. The average Bonchev–Trinajstić information content (AvgIpc) is 2.60. The van der Waals surface area contributed by atoms with Gasteiger partial charge in [0.2, 0.25) is 0 Å². The second-order valence-corrected chi connectivity index (χ2v) is 5.53. The molecular formula is C19H23N3O2. The number of hydrogen-bond acceptors (Lipinski definition) is 4. The lowest BCUT2D eigenvalue weighted by molar-refractivity contribution is 0.0951. The van der Waals surface area contributed by atoms with Gasteiger partial charge >= 0.3 is 0 Å². The Balaban J connectivity index is 2.00. The van der Waals surface area contributed by atoms with Crippen molar-refractivity contribution in [2.45, 2.75) is 13.3 Å². The van der Waals surface area contributed by atoms with Crippen molar-refractivity contribution in [1.29, 1.82) is 0 Å². The van der Waals surface area contributed by atoms with Crippen molar-refractivity contribution in [3.63, 3.8) is 0 Å². The molecule has 5 heteroatoms. The van der Waals surface area contributed by atoms with Gasteiger partial charge in [-0.15, -0.1) is 0 Å². The van der Waals surface area contributed by atoms with Crippen LogP contribution in [0.3, 0.4) is 0 Å². The molecule has 2 aromatic carbocycles.